The first kappa shape index (κ1) is 15.3. The summed E-state index contributed by atoms with van der Waals surface area (Å²) in [6.45, 7) is 0. The number of hydrogen-bond donors (Lipinski definition) is 0. The third-order valence-corrected chi connectivity index (χ3v) is 13.4. The molecule has 0 atom stereocenters. The Bertz CT molecular complexity index is 907. The Labute approximate surface area is 147 Å². The first-order valence-electron chi connectivity index (χ1n) is 7.83. The topological polar surface area (TPSA) is 0 Å². The second-order valence-electron chi connectivity index (χ2n) is 5.92. The van der Waals surface area contributed by atoms with Gasteiger partial charge in [0.05, 0.1) is 0 Å². The molecule has 0 nitrogen and oxygen atoms in total. The van der Waals surface area contributed by atoms with E-state index in [1.165, 1.54) is 21.9 Å². The van der Waals surface area contributed by atoms with E-state index in [1.54, 1.807) is 0 Å². The summed E-state index contributed by atoms with van der Waals surface area (Å²) in [5, 5.41) is 2.37. The molecule has 0 spiro atoms. The van der Waals surface area contributed by atoms with Crippen LogP contribution in [-0.4, -0.2) is 11.4 Å². The van der Waals surface area contributed by atoms with E-state index in [1.807, 2.05) is 0 Å². The number of rotatable bonds is 2. The summed E-state index contributed by atoms with van der Waals surface area (Å²) in [6, 6.07) is 21.0. The number of allylic oxidation sites excluding steroid dienone is 1. The van der Waals surface area contributed by atoms with Crippen LogP contribution in [0.1, 0.15) is 17.5 Å². The van der Waals surface area contributed by atoms with Crippen molar-refractivity contribution in [1.82, 2.24) is 0 Å². The molecule has 0 saturated heterocycles. The fourth-order valence-electron chi connectivity index (χ4n) is 3.39. The van der Waals surface area contributed by atoms with E-state index in [9.17, 15) is 0 Å². The molecule has 3 heteroatoms. The van der Waals surface area contributed by atoms with Crippen molar-refractivity contribution in [3.8, 4) is 0 Å². The van der Waals surface area contributed by atoms with Crippen LogP contribution >= 0.6 is 20.0 Å². The molecule has 1 aliphatic rings. The van der Waals surface area contributed by atoms with Gasteiger partial charge in [0, 0.05) is 0 Å². The van der Waals surface area contributed by atoms with E-state index < -0.39 is 11.4 Å². The van der Waals surface area contributed by atoms with Crippen molar-refractivity contribution < 1.29 is 0 Å². The van der Waals surface area contributed by atoms with E-state index in [0.717, 1.165) is 21.6 Å². The van der Waals surface area contributed by atoms with Gasteiger partial charge in [-0.15, -0.1) is 0 Å². The molecule has 0 fully saturated rings. The van der Waals surface area contributed by atoms with E-state index >= 15 is 0 Å². The van der Waals surface area contributed by atoms with Gasteiger partial charge < -0.3 is 0 Å². The molecule has 23 heavy (non-hydrogen) atoms. The summed E-state index contributed by atoms with van der Waals surface area (Å²) in [5.41, 5.74) is 2.61. The van der Waals surface area contributed by atoms with Crippen molar-refractivity contribution in [3.05, 3.63) is 77.9 Å². The van der Waals surface area contributed by atoms with Gasteiger partial charge in [-0.05, 0) is 0 Å². The second-order valence-corrected chi connectivity index (χ2v) is 17.5. The van der Waals surface area contributed by atoms with Gasteiger partial charge in [-0.3, -0.25) is 0 Å². The third-order valence-electron chi connectivity index (χ3n) is 4.53. The quantitative estimate of drug-likeness (QED) is 0.541. The van der Waals surface area contributed by atoms with E-state index in [4.69, 9.17) is 20.0 Å². The molecule has 0 heterocycles. The van der Waals surface area contributed by atoms with Crippen LogP contribution in [0.25, 0.3) is 16.8 Å². The molecule has 3 aromatic rings. The average Bonchev–Trinajstić information content (AvgIpc) is 2.60. The molecular weight excluding hydrogens is 384 g/mol. The molecule has 3 aromatic carbocycles. The number of fused-ring (bicyclic) bond motifs is 2. The van der Waals surface area contributed by atoms with Gasteiger partial charge in [0.25, 0.3) is 0 Å². The predicted molar refractivity (Wildman–Crippen MR) is 104 cm³/mol. The van der Waals surface area contributed by atoms with Crippen molar-refractivity contribution in [3.63, 3.8) is 0 Å². The first-order chi connectivity index (χ1) is 11.2. The van der Waals surface area contributed by atoms with E-state index in [2.05, 4.69) is 72.8 Å². The predicted octanol–water partition coefficient (Wildman–Crippen LogP) is 4.83. The Morgan fingerprint density at radius 3 is 2.43 bits per heavy atom. The number of halogens is 2. The van der Waals surface area contributed by atoms with Gasteiger partial charge in [0.1, 0.15) is 0 Å². The van der Waals surface area contributed by atoms with Crippen LogP contribution in [0, 0.1) is 0 Å². The number of aryl methyl sites for hydroxylation is 1. The van der Waals surface area contributed by atoms with Gasteiger partial charge in [0.15, 0.2) is 0 Å². The monoisotopic (exact) mass is 400 g/mol. The van der Waals surface area contributed by atoms with Crippen LogP contribution in [-0.2, 0) is 6.42 Å². The summed E-state index contributed by atoms with van der Waals surface area (Å²) in [6.07, 6.45) is 6.59. The van der Waals surface area contributed by atoms with Crippen LogP contribution in [0.2, 0.25) is 0 Å². The molecule has 0 bridgehead atoms. The standard InChI is InChI=1S/C20H16Cl2Ge/c21-23(22,19-13-5-9-15-7-1-3-11-17(15)19)20-14-6-10-16-8-2-4-12-18(16)20/h1,3-7,9-14H,2,8H2. The van der Waals surface area contributed by atoms with Gasteiger partial charge in [-0.25, -0.2) is 0 Å². The Morgan fingerprint density at radius 2 is 1.52 bits per heavy atom. The van der Waals surface area contributed by atoms with E-state index in [0.29, 0.717) is 0 Å². The van der Waals surface area contributed by atoms with Crippen LogP contribution in [0.3, 0.4) is 0 Å². The second kappa shape index (κ2) is 6.01. The maximum atomic E-state index is 7.12. The Kier molecular flexibility index (Phi) is 4.00. The van der Waals surface area contributed by atoms with Crippen LogP contribution in [0.4, 0.5) is 0 Å². The minimum atomic E-state index is -3.41. The molecule has 4 rings (SSSR count). The maximum absolute atomic E-state index is 7.12. The Balaban J connectivity index is 1.96. The van der Waals surface area contributed by atoms with E-state index in [-0.39, 0.29) is 0 Å². The molecule has 0 amide bonds. The normalized spacial score (nSPS) is 14.0. The first-order valence-corrected chi connectivity index (χ1v) is 15.4. The summed E-state index contributed by atoms with van der Waals surface area (Å²) in [5.74, 6) is 0. The number of benzene rings is 3. The summed E-state index contributed by atoms with van der Waals surface area (Å²) in [7, 11) is 14.2. The fraction of sp³-hybridized carbons (Fsp3) is 0.100. The number of hydrogen-bond acceptors (Lipinski definition) is 0. The average molecular weight is 400 g/mol. The van der Waals surface area contributed by atoms with Crippen molar-refractivity contribution in [1.29, 1.82) is 0 Å². The van der Waals surface area contributed by atoms with Crippen LogP contribution in [0.15, 0.2) is 66.7 Å². The zero-order valence-corrected chi connectivity index (χ0v) is 16.2. The minimum absolute atomic E-state index is 1.07. The molecule has 0 unspecified atom stereocenters. The fourth-order valence-corrected chi connectivity index (χ4v) is 11.1. The van der Waals surface area contributed by atoms with Crippen molar-refractivity contribution in [2.24, 2.45) is 0 Å². The molecule has 1 aliphatic carbocycles. The molecule has 114 valence electrons. The zero-order valence-electron chi connectivity index (χ0n) is 12.6. The Hall–Kier alpha value is -1.22. The molecule has 0 saturated carbocycles. The van der Waals surface area contributed by atoms with Crippen molar-refractivity contribution >= 4 is 57.1 Å². The van der Waals surface area contributed by atoms with Gasteiger partial charge in [0.2, 0.25) is 0 Å². The van der Waals surface area contributed by atoms with Crippen molar-refractivity contribution in [2.45, 2.75) is 12.8 Å². The van der Waals surface area contributed by atoms with Crippen LogP contribution in [0.5, 0.6) is 0 Å². The van der Waals surface area contributed by atoms with Crippen LogP contribution < -0.4 is 8.79 Å². The molecule has 0 aromatic heterocycles. The van der Waals surface area contributed by atoms with Gasteiger partial charge >= 0.3 is 148 Å². The summed E-state index contributed by atoms with van der Waals surface area (Å²) >= 11 is -3.41. The third kappa shape index (κ3) is 2.63. The Morgan fingerprint density at radius 1 is 0.783 bits per heavy atom. The molecular formula is C20H16Cl2Ge. The zero-order chi connectivity index (χ0) is 15.9. The molecule has 0 N–H and O–H groups in total. The molecule has 0 aliphatic heterocycles. The molecule has 0 radical (unpaired) electrons. The van der Waals surface area contributed by atoms with Crippen molar-refractivity contribution in [2.75, 3.05) is 0 Å². The summed E-state index contributed by atoms with van der Waals surface area (Å²) in [4.78, 5) is 0. The van der Waals surface area contributed by atoms with Gasteiger partial charge in [-0.2, -0.15) is 0 Å². The van der Waals surface area contributed by atoms with Gasteiger partial charge in [-0.1, -0.05) is 0 Å². The SMILES string of the molecule is [Cl][Ge]([Cl])([c]1cccc2c1C=CCC2)[c]1cccc2ccccc12. The summed E-state index contributed by atoms with van der Waals surface area (Å²) < 4.78 is 2.27.